The van der Waals surface area contributed by atoms with E-state index in [1.54, 1.807) is 23.3 Å². The van der Waals surface area contributed by atoms with Gasteiger partial charge in [-0.15, -0.1) is 0 Å². The largest absolute Gasteiger partial charge is 0.354 e. The third kappa shape index (κ3) is 3.10. The lowest BCUT2D eigenvalue weighted by molar-refractivity contribution is 0.439. The fraction of sp³-hybridized carbons (Fsp3) is 0.538. The molecule has 0 aliphatic heterocycles. The average molecular weight is 288 g/mol. The minimum Gasteiger partial charge on any atom is -0.354 e. The van der Waals surface area contributed by atoms with Crippen molar-refractivity contribution in [1.82, 2.24) is 24.5 Å². The molecule has 0 radical (unpaired) electrons. The van der Waals surface area contributed by atoms with Crippen molar-refractivity contribution >= 4 is 11.9 Å². The monoisotopic (exact) mass is 288 g/mol. The summed E-state index contributed by atoms with van der Waals surface area (Å²) in [6.45, 7) is 3.18. The van der Waals surface area contributed by atoms with Crippen LogP contribution in [0.4, 0.5) is 11.9 Å². The molecule has 8 heteroatoms. The Morgan fingerprint density at radius 2 is 2.14 bits per heavy atom. The van der Waals surface area contributed by atoms with E-state index < -0.39 is 0 Å². The number of anilines is 2. The van der Waals surface area contributed by atoms with Gasteiger partial charge in [0.1, 0.15) is 6.33 Å². The van der Waals surface area contributed by atoms with Crippen LogP contribution in [0.1, 0.15) is 26.2 Å². The van der Waals surface area contributed by atoms with Gasteiger partial charge in [0.2, 0.25) is 17.8 Å². The zero-order valence-electron chi connectivity index (χ0n) is 12.0. The number of nitrogens with two attached hydrogens (primary N) is 1. The van der Waals surface area contributed by atoms with Crippen molar-refractivity contribution in [2.45, 2.75) is 26.2 Å². The van der Waals surface area contributed by atoms with Gasteiger partial charge in [0, 0.05) is 18.9 Å². The zero-order valence-corrected chi connectivity index (χ0v) is 12.0. The Balaban J connectivity index is 1.76. The molecule has 0 aromatic carbocycles. The van der Waals surface area contributed by atoms with Crippen molar-refractivity contribution in [2.75, 3.05) is 17.3 Å². The van der Waals surface area contributed by atoms with Crippen molar-refractivity contribution in [1.29, 1.82) is 0 Å². The van der Waals surface area contributed by atoms with Crippen molar-refractivity contribution in [3.63, 3.8) is 0 Å². The molecule has 21 heavy (non-hydrogen) atoms. The molecule has 3 rings (SSSR count). The lowest BCUT2D eigenvalue weighted by Gasteiger charge is -2.16. The highest BCUT2D eigenvalue weighted by atomic mass is 15.4. The summed E-state index contributed by atoms with van der Waals surface area (Å²) in [5.74, 6) is 8.19. The normalized spacial score (nSPS) is 21.4. The highest BCUT2D eigenvalue weighted by molar-refractivity contribution is 5.37. The maximum Gasteiger partial charge on any atom is 0.243 e. The van der Waals surface area contributed by atoms with Gasteiger partial charge in [-0.2, -0.15) is 15.0 Å². The maximum absolute atomic E-state index is 5.43. The van der Waals surface area contributed by atoms with Crippen LogP contribution in [-0.4, -0.2) is 31.0 Å². The van der Waals surface area contributed by atoms with Gasteiger partial charge in [-0.25, -0.2) is 10.8 Å². The summed E-state index contributed by atoms with van der Waals surface area (Å²) in [6.07, 6.45) is 8.96. The predicted molar refractivity (Wildman–Crippen MR) is 79.8 cm³/mol. The third-order valence-corrected chi connectivity index (χ3v) is 4.05. The first-order valence-corrected chi connectivity index (χ1v) is 7.21. The molecule has 2 aromatic rings. The fourth-order valence-corrected chi connectivity index (χ4v) is 2.75. The number of imidazole rings is 1. The van der Waals surface area contributed by atoms with Gasteiger partial charge < -0.3 is 5.32 Å². The number of nitrogens with zero attached hydrogens (tertiary/aromatic N) is 5. The number of nitrogens with one attached hydrogen (secondary N) is 2. The van der Waals surface area contributed by atoms with E-state index in [9.17, 15) is 0 Å². The first kappa shape index (κ1) is 13.7. The summed E-state index contributed by atoms with van der Waals surface area (Å²) in [5.41, 5.74) is 2.47. The minimum atomic E-state index is 0.329. The van der Waals surface area contributed by atoms with E-state index in [2.05, 4.69) is 37.6 Å². The molecule has 0 bridgehead atoms. The van der Waals surface area contributed by atoms with Crippen LogP contribution < -0.4 is 16.6 Å². The molecule has 0 amide bonds. The number of hydrazine groups is 1. The highest BCUT2D eigenvalue weighted by Crippen LogP contribution is 2.31. The van der Waals surface area contributed by atoms with Gasteiger partial charge >= 0.3 is 0 Å². The van der Waals surface area contributed by atoms with Gasteiger partial charge in [0.15, 0.2) is 0 Å². The molecule has 2 aromatic heterocycles. The molecule has 112 valence electrons. The summed E-state index contributed by atoms with van der Waals surface area (Å²) in [6, 6.07) is 0. The van der Waals surface area contributed by atoms with Crippen LogP contribution in [0.3, 0.4) is 0 Å². The number of hydrogen-bond acceptors (Lipinski definition) is 7. The van der Waals surface area contributed by atoms with Crippen LogP contribution in [-0.2, 0) is 0 Å². The van der Waals surface area contributed by atoms with E-state index in [0.29, 0.717) is 23.8 Å². The topological polar surface area (TPSA) is 107 Å². The van der Waals surface area contributed by atoms with Crippen LogP contribution in [0.15, 0.2) is 18.7 Å². The van der Waals surface area contributed by atoms with Gasteiger partial charge in [0.05, 0.1) is 0 Å². The SMILES string of the molecule is CC1CCCC1CNc1nc(NN)nc(-n2ccnc2)n1. The summed E-state index contributed by atoms with van der Waals surface area (Å²) >= 11 is 0. The van der Waals surface area contributed by atoms with Gasteiger partial charge in [-0.3, -0.25) is 9.99 Å². The summed E-state index contributed by atoms with van der Waals surface area (Å²) in [7, 11) is 0. The summed E-state index contributed by atoms with van der Waals surface area (Å²) in [5, 5.41) is 3.30. The van der Waals surface area contributed by atoms with Crippen LogP contribution in [0.2, 0.25) is 0 Å². The number of rotatable bonds is 5. The quantitative estimate of drug-likeness (QED) is 0.560. The fourth-order valence-electron chi connectivity index (χ4n) is 2.75. The Bertz CT molecular complexity index is 582. The molecule has 1 fully saturated rings. The molecule has 1 saturated carbocycles. The molecule has 2 unspecified atom stereocenters. The van der Waals surface area contributed by atoms with E-state index in [0.717, 1.165) is 12.5 Å². The van der Waals surface area contributed by atoms with Crippen LogP contribution in [0.25, 0.3) is 5.95 Å². The molecule has 1 aliphatic carbocycles. The summed E-state index contributed by atoms with van der Waals surface area (Å²) in [4.78, 5) is 16.9. The molecule has 8 nitrogen and oxygen atoms in total. The van der Waals surface area contributed by atoms with Crippen LogP contribution in [0.5, 0.6) is 0 Å². The Morgan fingerprint density at radius 3 is 2.81 bits per heavy atom. The van der Waals surface area contributed by atoms with E-state index in [1.165, 1.54) is 19.3 Å². The van der Waals surface area contributed by atoms with Gasteiger partial charge in [0.25, 0.3) is 0 Å². The molecule has 2 atom stereocenters. The highest BCUT2D eigenvalue weighted by Gasteiger charge is 2.23. The number of aromatic nitrogens is 5. The predicted octanol–water partition coefficient (Wildman–Crippen LogP) is 1.19. The number of nitrogen functional groups attached to an aromatic ring is 1. The van der Waals surface area contributed by atoms with E-state index >= 15 is 0 Å². The van der Waals surface area contributed by atoms with Crippen LogP contribution in [0, 0.1) is 11.8 Å². The molecule has 2 heterocycles. The third-order valence-electron chi connectivity index (χ3n) is 4.05. The second kappa shape index (κ2) is 6.04. The lowest BCUT2D eigenvalue weighted by atomic mass is 9.98. The first-order valence-electron chi connectivity index (χ1n) is 7.21. The maximum atomic E-state index is 5.43. The Morgan fingerprint density at radius 1 is 1.29 bits per heavy atom. The van der Waals surface area contributed by atoms with Crippen molar-refractivity contribution in [3.05, 3.63) is 18.7 Å². The molecular formula is C13H20N8. The average Bonchev–Trinajstić information content (AvgIpc) is 3.16. The second-order valence-corrected chi connectivity index (χ2v) is 5.45. The van der Waals surface area contributed by atoms with Gasteiger partial charge in [-0.1, -0.05) is 19.8 Å². The number of hydrogen-bond donors (Lipinski definition) is 3. The lowest BCUT2D eigenvalue weighted by Crippen LogP contribution is -2.20. The van der Waals surface area contributed by atoms with Crippen molar-refractivity contribution in [3.8, 4) is 5.95 Å². The van der Waals surface area contributed by atoms with Gasteiger partial charge in [-0.05, 0) is 18.3 Å². The van der Waals surface area contributed by atoms with Crippen molar-refractivity contribution < 1.29 is 0 Å². The Hall–Kier alpha value is -2.22. The Kier molecular flexibility index (Phi) is 3.96. The molecule has 4 N–H and O–H groups in total. The van der Waals surface area contributed by atoms with E-state index in [1.807, 2.05) is 0 Å². The van der Waals surface area contributed by atoms with E-state index in [4.69, 9.17) is 5.84 Å². The Labute approximate surface area is 123 Å². The van der Waals surface area contributed by atoms with Crippen molar-refractivity contribution in [2.24, 2.45) is 17.7 Å². The van der Waals surface area contributed by atoms with Crippen LogP contribution >= 0.6 is 0 Å². The molecule has 0 spiro atoms. The van der Waals surface area contributed by atoms with E-state index in [-0.39, 0.29) is 0 Å². The smallest absolute Gasteiger partial charge is 0.243 e. The minimum absolute atomic E-state index is 0.329. The zero-order chi connectivity index (χ0) is 14.7. The second-order valence-electron chi connectivity index (χ2n) is 5.45. The molecule has 0 saturated heterocycles. The molecular weight excluding hydrogens is 268 g/mol. The standard InChI is InChI=1S/C13H20N8/c1-9-3-2-4-10(9)7-16-11-17-12(20-14)19-13(18-11)21-6-5-15-8-21/h5-6,8-10H,2-4,7,14H2,1H3,(H2,16,17,18,19,20). The summed E-state index contributed by atoms with van der Waals surface area (Å²) < 4.78 is 1.71. The first-order chi connectivity index (χ1) is 10.3. The molecule has 1 aliphatic rings.